The molecule has 2 aliphatic rings. The van der Waals surface area contributed by atoms with Crippen LogP contribution in [0.4, 0.5) is 5.82 Å². The van der Waals surface area contributed by atoms with Crippen LogP contribution < -0.4 is 22.3 Å². The summed E-state index contributed by atoms with van der Waals surface area (Å²) in [6, 6.07) is 10.0. The van der Waals surface area contributed by atoms with Crippen LogP contribution in [0.25, 0.3) is 16.9 Å². The number of nitrogens with one attached hydrogen (secondary N) is 1. The fourth-order valence-electron chi connectivity index (χ4n) is 4.68. The molecule has 2 unspecified atom stereocenters. The van der Waals surface area contributed by atoms with Gasteiger partial charge in [0.25, 0.3) is 5.56 Å². The minimum Gasteiger partial charge on any atom is -0.383 e. The molecule has 8 heteroatoms. The van der Waals surface area contributed by atoms with Gasteiger partial charge in [-0.25, -0.2) is 14.3 Å². The van der Waals surface area contributed by atoms with E-state index in [0.29, 0.717) is 17.6 Å². The molecule has 2 fully saturated rings. The molecule has 2 aromatic heterocycles. The first kappa shape index (κ1) is 17.1. The number of aromatic nitrogens is 4. The lowest BCUT2D eigenvalue weighted by atomic mass is 9.84. The Hall–Kier alpha value is -3.00. The Morgan fingerprint density at radius 1 is 1.04 bits per heavy atom. The average Bonchev–Trinajstić information content (AvgIpc) is 2.67. The summed E-state index contributed by atoms with van der Waals surface area (Å²) in [5.74, 6) is 0.188. The van der Waals surface area contributed by atoms with Gasteiger partial charge in [0.15, 0.2) is 0 Å². The third-order valence-electron chi connectivity index (χ3n) is 5.89. The highest BCUT2D eigenvalue weighted by atomic mass is 16.2. The van der Waals surface area contributed by atoms with Crippen LogP contribution in [0.15, 0.2) is 46.1 Å². The predicted octanol–water partition coefficient (Wildman–Crippen LogP) is 1.37. The van der Waals surface area contributed by atoms with Gasteiger partial charge in [0.2, 0.25) is 5.82 Å². The molecular weight excluding hydrogens is 356 g/mol. The van der Waals surface area contributed by atoms with Crippen molar-refractivity contribution in [2.45, 2.75) is 50.2 Å². The molecule has 144 valence electrons. The summed E-state index contributed by atoms with van der Waals surface area (Å²) in [6.07, 6.45) is 6.78. The van der Waals surface area contributed by atoms with Crippen LogP contribution >= 0.6 is 0 Å². The second-order valence-corrected chi connectivity index (χ2v) is 7.72. The fraction of sp³-hybridized carbons (Fsp3) is 0.400. The molecule has 0 saturated carbocycles. The molecule has 5 rings (SSSR count). The summed E-state index contributed by atoms with van der Waals surface area (Å²) >= 11 is 0. The Bertz CT molecular complexity index is 1160. The number of hydrogen-bond acceptors (Lipinski definition) is 6. The van der Waals surface area contributed by atoms with Crippen molar-refractivity contribution in [1.82, 2.24) is 24.4 Å². The van der Waals surface area contributed by atoms with E-state index in [0.717, 1.165) is 31.2 Å². The van der Waals surface area contributed by atoms with Gasteiger partial charge in [-0.2, -0.15) is 4.98 Å². The molecule has 0 radical (unpaired) electrons. The molecule has 1 aromatic carbocycles. The predicted molar refractivity (Wildman–Crippen MR) is 107 cm³/mol. The first-order chi connectivity index (χ1) is 13.6. The molecule has 28 heavy (non-hydrogen) atoms. The number of benzene rings is 1. The minimum absolute atomic E-state index is 0.0693. The van der Waals surface area contributed by atoms with Crippen molar-refractivity contribution in [3.63, 3.8) is 0 Å². The van der Waals surface area contributed by atoms with Gasteiger partial charge in [0.05, 0.1) is 11.0 Å². The number of nitrogen functional groups attached to an aromatic ring is 1. The maximum atomic E-state index is 13.5. The normalized spacial score (nSPS) is 24.4. The maximum Gasteiger partial charge on any atom is 0.355 e. The number of rotatable bonds is 2. The monoisotopic (exact) mass is 378 g/mol. The van der Waals surface area contributed by atoms with Crippen LogP contribution in [0.3, 0.4) is 0 Å². The van der Waals surface area contributed by atoms with Gasteiger partial charge in [-0.05, 0) is 43.9 Å². The van der Waals surface area contributed by atoms with Gasteiger partial charge in [0, 0.05) is 24.3 Å². The smallest absolute Gasteiger partial charge is 0.355 e. The van der Waals surface area contributed by atoms with Crippen molar-refractivity contribution in [2.24, 2.45) is 0 Å². The molecule has 0 aliphatic carbocycles. The Kier molecular flexibility index (Phi) is 4.01. The first-order valence-corrected chi connectivity index (χ1v) is 9.73. The standard InChI is InChI=1S/C20H22N6O2/c21-17-8-9-25(20(28)24-17)18-19(27)26(16-7-2-1-6-15(16)23-18)14-10-12-4-3-5-13(11-14)22-12/h1-2,6-9,12-14,22H,3-5,10-11H2,(H2,21,24,28). The molecule has 3 aromatic rings. The average molecular weight is 378 g/mol. The Labute approximate surface area is 161 Å². The van der Waals surface area contributed by atoms with E-state index in [2.05, 4.69) is 15.3 Å². The zero-order valence-electron chi connectivity index (χ0n) is 15.4. The van der Waals surface area contributed by atoms with Gasteiger partial charge >= 0.3 is 5.69 Å². The van der Waals surface area contributed by atoms with Crippen molar-refractivity contribution in [3.8, 4) is 5.82 Å². The first-order valence-electron chi connectivity index (χ1n) is 9.73. The Balaban J connectivity index is 1.73. The van der Waals surface area contributed by atoms with Gasteiger partial charge in [-0.1, -0.05) is 18.6 Å². The number of hydrogen-bond donors (Lipinski definition) is 2. The lowest BCUT2D eigenvalue weighted by molar-refractivity contribution is 0.188. The number of nitrogens with two attached hydrogens (primary N) is 1. The van der Waals surface area contributed by atoms with Gasteiger partial charge in [-0.3, -0.25) is 4.79 Å². The van der Waals surface area contributed by atoms with Crippen LogP contribution in [-0.2, 0) is 0 Å². The van der Waals surface area contributed by atoms with Crippen molar-refractivity contribution >= 4 is 16.9 Å². The zero-order chi connectivity index (χ0) is 19.3. The van der Waals surface area contributed by atoms with Crippen LogP contribution in [0.2, 0.25) is 0 Å². The molecule has 2 aliphatic heterocycles. The Morgan fingerprint density at radius 3 is 2.54 bits per heavy atom. The highest BCUT2D eigenvalue weighted by molar-refractivity contribution is 5.75. The number of fused-ring (bicyclic) bond motifs is 3. The molecule has 0 amide bonds. The molecule has 2 saturated heterocycles. The number of anilines is 1. The second-order valence-electron chi connectivity index (χ2n) is 7.72. The molecule has 4 heterocycles. The molecule has 8 nitrogen and oxygen atoms in total. The number of piperidine rings is 2. The zero-order valence-corrected chi connectivity index (χ0v) is 15.4. The second kappa shape index (κ2) is 6.56. The van der Waals surface area contributed by atoms with E-state index in [1.54, 1.807) is 0 Å². The summed E-state index contributed by atoms with van der Waals surface area (Å²) in [5, 5.41) is 3.67. The number of para-hydroxylation sites is 2. The van der Waals surface area contributed by atoms with Crippen LogP contribution in [0, 0.1) is 0 Å². The molecule has 3 N–H and O–H groups in total. The quantitative estimate of drug-likeness (QED) is 0.697. The van der Waals surface area contributed by atoms with E-state index in [9.17, 15) is 9.59 Å². The van der Waals surface area contributed by atoms with Crippen LogP contribution in [0.5, 0.6) is 0 Å². The van der Waals surface area contributed by atoms with Crippen molar-refractivity contribution in [2.75, 3.05) is 5.73 Å². The fourth-order valence-corrected chi connectivity index (χ4v) is 4.68. The third kappa shape index (κ3) is 2.80. The minimum atomic E-state index is -0.603. The molecule has 2 bridgehead atoms. The third-order valence-corrected chi connectivity index (χ3v) is 5.89. The largest absolute Gasteiger partial charge is 0.383 e. The van der Waals surface area contributed by atoms with Crippen LogP contribution in [0.1, 0.15) is 38.1 Å². The van der Waals surface area contributed by atoms with E-state index in [1.165, 1.54) is 23.3 Å². The van der Waals surface area contributed by atoms with Crippen molar-refractivity contribution in [1.29, 1.82) is 0 Å². The summed E-state index contributed by atoms with van der Waals surface area (Å²) in [4.78, 5) is 34.1. The SMILES string of the molecule is Nc1ccn(-c2nc3ccccc3n(C3CC4CCCC(C3)N4)c2=O)c(=O)n1. The van der Waals surface area contributed by atoms with E-state index in [-0.39, 0.29) is 23.2 Å². The lowest BCUT2D eigenvalue weighted by Gasteiger charge is -2.41. The lowest BCUT2D eigenvalue weighted by Crippen LogP contribution is -2.50. The van der Waals surface area contributed by atoms with Gasteiger partial charge < -0.3 is 15.6 Å². The highest BCUT2D eigenvalue weighted by Crippen LogP contribution is 2.33. The van der Waals surface area contributed by atoms with E-state index >= 15 is 0 Å². The van der Waals surface area contributed by atoms with E-state index in [1.807, 2.05) is 28.8 Å². The van der Waals surface area contributed by atoms with E-state index in [4.69, 9.17) is 5.73 Å². The summed E-state index contributed by atoms with van der Waals surface area (Å²) in [5.41, 5.74) is 6.22. The summed E-state index contributed by atoms with van der Waals surface area (Å²) in [7, 11) is 0. The van der Waals surface area contributed by atoms with Crippen molar-refractivity contribution in [3.05, 3.63) is 57.4 Å². The van der Waals surface area contributed by atoms with Crippen molar-refractivity contribution < 1.29 is 0 Å². The topological polar surface area (TPSA) is 108 Å². The van der Waals surface area contributed by atoms with E-state index < -0.39 is 5.69 Å². The highest BCUT2D eigenvalue weighted by Gasteiger charge is 2.33. The van der Waals surface area contributed by atoms with Crippen LogP contribution in [-0.4, -0.2) is 31.2 Å². The molecular formula is C20H22N6O2. The van der Waals surface area contributed by atoms with Gasteiger partial charge in [-0.15, -0.1) is 0 Å². The maximum absolute atomic E-state index is 13.5. The summed E-state index contributed by atoms with van der Waals surface area (Å²) in [6.45, 7) is 0. The molecule has 2 atom stereocenters. The number of nitrogens with zero attached hydrogens (tertiary/aromatic N) is 4. The summed E-state index contributed by atoms with van der Waals surface area (Å²) < 4.78 is 3.02. The molecule has 0 spiro atoms. The van der Waals surface area contributed by atoms with Gasteiger partial charge in [0.1, 0.15) is 5.82 Å². The Morgan fingerprint density at radius 2 is 1.79 bits per heavy atom.